The van der Waals surface area contributed by atoms with Gasteiger partial charge in [-0.3, -0.25) is 10.3 Å². The first-order chi connectivity index (χ1) is 6.65. The Bertz CT molecular complexity index is 192. The molecule has 0 amide bonds. The fourth-order valence-electron chi connectivity index (χ4n) is 1.75. The molecule has 1 rings (SSSR count). The van der Waals surface area contributed by atoms with Crippen LogP contribution in [0.15, 0.2) is 0 Å². The summed E-state index contributed by atoms with van der Waals surface area (Å²) in [6.45, 7) is 3.68. The predicted octanol–water partition coefficient (Wildman–Crippen LogP) is 0.405. The molecule has 0 saturated heterocycles. The van der Waals surface area contributed by atoms with Crippen LogP contribution in [0.1, 0.15) is 26.2 Å². The molecule has 1 aliphatic rings. The van der Waals surface area contributed by atoms with Crippen LogP contribution in [-0.2, 0) is 0 Å². The van der Waals surface area contributed by atoms with Gasteiger partial charge in [-0.1, -0.05) is 13.3 Å². The highest BCUT2D eigenvalue weighted by molar-refractivity contribution is 5.79. The average Bonchev–Trinajstić information content (AvgIpc) is 2.01. The normalized spacial score (nSPS) is 19.4. The Morgan fingerprint density at radius 1 is 1.64 bits per heavy atom. The smallest absolute Gasteiger partial charge is 0.0947 e. The van der Waals surface area contributed by atoms with Crippen LogP contribution in [-0.4, -0.2) is 41.6 Å². The van der Waals surface area contributed by atoms with Gasteiger partial charge in [0, 0.05) is 25.0 Å². The Labute approximate surface area is 85.6 Å². The Morgan fingerprint density at radius 3 is 2.64 bits per heavy atom. The zero-order chi connectivity index (χ0) is 10.6. The molecule has 0 spiro atoms. The largest absolute Gasteiger partial charge is 0.395 e. The van der Waals surface area contributed by atoms with Gasteiger partial charge in [0.05, 0.1) is 12.4 Å². The fourth-order valence-corrected chi connectivity index (χ4v) is 1.75. The van der Waals surface area contributed by atoms with Crippen LogP contribution < -0.4 is 5.73 Å². The molecule has 4 heteroatoms. The number of hydrogen-bond donors (Lipinski definition) is 3. The van der Waals surface area contributed by atoms with Crippen molar-refractivity contribution >= 4 is 5.84 Å². The molecule has 14 heavy (non-hydrogen) atoms. The average molecular weight is 199 g/mol. The summed E-state index contributed by atoms with van der Waals surface area (Å²) in [4.78, 5) is 2.26. The van der Waals surface area contributed by atoms with Crippen molar-refractivity contribution in [3.8, 4) is 0 Å². The molecule has 4 N–H and O–H groups in total. The zero-order valence-electron chi connectivity index (χ0n) is 8.87. The molecule has 0 aliphatic heterocycles. The highest BCUT2D eigenvalue weighted by Gasteiger charge is 2.25. The van der Waals surface area contributed by atoms with Crippen molar-refractivity contribution in [1.82, 2.24) is 4.90 Å². The van der Waals surface area contributed by atoms with Gasteiger partial charge >= 0.3 is 0 Å². The molecule has 1 atom stereocenters. The summed E-state index contributed by atoms with van der Waals surface area (Å²) in [5.41, 5.74) is 5.43. The van der Waals surface area contributed by atoms with E-state index in [1.54, 1.807) is 0 Å². The van der Waals surface area contributed by atoms with Crippen molar-refractivity contribution in [2.75, 3.05) is 19.7 Å². The molecule has 82 valence electrons. The van der Waals surface area contributed by atoms with Gasteiger partial charge in [-0.05, 0) is 12.8 Å². The lowest BCUT2D eigenvalue weighted by atomic mass is 9.90. The third kappa shape index (κ3) is 2.96. The maximum atomic E-state index is 8.93. The van der Waals surface area contributed by atoms with Crippen molar-refractivity contribution in [3.05, 3.63) is 0 Å². The Morgan fingerprint density at radius 2 is 2.29 bits per heavy atom. The van der Waals surface area contributed by atoms with E-state index in [-0.39, 0.29) is 18.4 Å². The van der Waals surface area contributed by atoms with Crippen LogP contribution in [0.5, 0.6) is 0 Å². The molecule has 0 bridgehead atoms. The molecular weight excluding hydrogens is 178 g/mol. The summed E-state index contributed by atoms with van der Waals surface area (Å²) in [6, 6.07) is 0.615. The van der Waals surface area contributed by atoms with E-state index in [9.17, 15) is 0 Å². The van der Waals surface area contributed by atoms with Gasteiger partial charge in [-0.2, -0.15) is 0 Å². The first kappa shape index (κ1) is 11.5. The zero-order valence-corrected chi connectivity index (χ0v) is 8.87. The number of rotatable bonds is 6. The van der Waals surface area contributed by atoms with Crippen LogP contribution in [0.2, 0.25) is 0 Å². The van der Waals surface area contributed by atoms with E-state index in [1.807, 2.05) is 6.92 Å². The van der Waals surface area contributed by atoms with Crippen LogP contribution in [0, 0.1) is 11.3 Å². The molecule has 1 unspecified atom stereocenters. The third-order valence-electron chi connectivity index (χ3n) is 3.02. The topological polar surface area (TPSA) is 73.3 Å². The predicted molar refractivity (Wildman–Crippen MR) is 57.4 cm³/mol. The number of nitrogens with zero attached hydrogens (tertiary/aromatic N) is 1. The molecule has 0 heterocycles. The van der Waals surface area contributed by atoms with E-state index >= 15 is 0 Å². The number of aliphatic hydroxyl groups is 1. The summed E-state index contributed by atoms with van der Waals surface area (Å²) in [6.07, 6.45) is 3.75. The quantitative estimate of drug-likeness (QED) is 0.428. The van der Waals surface area contributed by atoms with Gasteiger partial charge in [0.15, 0.2) is 0 Å². The van der Waals surface area contributed by atoms with E-state index in [2.05, 4.69) is 4.90 Å². The van der Waals surface area contributed by atoms with Crippen LogP contribution in [0.4, 0.5) is 0 Å². The van der Waals surface area contributed by atoms with Crippen molar-refractivity contribution in [1.29, 1.82) is 5.41 Å². The molecule has 4 nitrogen and oxygen atoms in total. The SMILES string of the molecule is CC(CN(CCO)C1CCC1)C(=N)N. The maximum absolute atomic E-state index is 8.93. The highest BCUT2D eigenvalue weighted by Crippen LogP contribution is 2.25. The summed E-state index contributed by atoms with van der Waals surface area (Å²) >= 11 is 0. The lowest BCUT2D eigenvalue weighted by Crippen LogP contribution is -2.45. The first-order valence-corrected chi connectivity index (χ1v) is 5.34. The number of aliphatic hydroxyl groups excluding tert-OH is 1. The molecule has 0 aromatic rings. The molecule has 1 fully saturated rings. The van der Waals surface area contributed by atoms with Gasteiger partial charge in [-0.25, -0.2) is 0 Å². The van der Waals surface area contributed by atoms with E-state index in [1.165, 1.54) is 19.3 Å². The van der Waals surface area contributed by atoms with Crippen molar-refractivity contribution in [2.45, 2.75) is 32.2 Å². The van der Waals surface area contributed by atoms with E-state index in [0.29, 0.717) is 12.6 Å². The maximum Gasteiger partial charge on any atom is 0.0947 e. The first-order valence-electron chi connectivity index (χ1n) is 5.34. The molecule has 0 aromatic heterocycles. The molecular formula is C10H21N3O. The van der Waals surface area contributed by atoms with Gasteiger partial charge in [0.25, 0.3) is 0 Å². The number of amidine groups is 1. The van der Waals surface area contributed by atoms with Gasteiger partial charge in [0.1, 0.15) is 0 Å². The van der Waals surface area contributed by atoms with E-state index in [4.69, 9.17) is 16.2 Å². The Hall–Kier alpha value is -0.610. The molecule has 1 saturated carbocycles. The summed E-state index contributed by atoms with van der Waals surface area (Å²) < 4.78 is 0. The minimum Gasteiger partial charge on any atom is -0.395 e. The van der Waals surface area contributed by atoms with Crippen molar-refractivity contribution in [2.24, 2.45) is 11.7 Å². The minimum atomic E-state index is 0.0992. The summed E-state index contributed by atoms with van der Waals surface area (Å²) in [7, 11) is 0. The third-order valence-corrected chi connectivity index (χ3v) is 3.02. The molecule has 1 aliphatic carbocycles. The van der Waals surface area contributed by atoms with Crippen LogP contribution in [0.3, 0.4) is 0 Å². The van der Waals surface area contributed by atoms with Crippen molar-refractivity contribution < 1.29 is 5.11 Å². The Kier molecular flexibility index (Phi) is 4.35. The van der Waals surface area contributed by atoms with Gasteiger partial charge in [-0.15, -0.1) is 0 Å². The fraction of sp³-hybridized carbons (Fsp3) is 0.900. The Balaban J connectivity index is 2.37. The lowest BCUT2D eigenvalue weighted by molar-refractivity contribution is 0.0951. The molecule has 0 radical (unpaired) electrons. The second kappa shape index (κ2) is 5.32. The summed E-state index contributed by atoms with van der Waals surface area (Å²) in [5, 5.41) is 16.3. The monoisotopic (exact) mass is 199 g/mol. The number of hydrogen-bond acceptors (Lipinski definition) is 3. The van der Waals surface area contributed by atoms with Crippen LogP contribution in [0.25, 0.3) is 0 Å². The number of nitrogens with two attached hydrogens (primary N) is 1. The van der Waals surface area contributed by atoms with Crippen LogP contribution >= 0.6 is 0 Å². The summed E-state index contributed by atoms with van der Waals surface area (Å²) in [5.74, 6) is 0.342. The highest BCUT2D eigenvalue weighted by atomic mass is 16.3. The van der Waals surface area contributed by atoms with Crippen molar-refractivity contribution in [3.63, 3.8) is 0 Å². The van der Waals surface area contributed by atoms with E-state index < -0.39 is 0 Å². The minimum absolute atomic E-state index is 0.0992. The second-order valence-electron chi connectivity index (χ2n) is 4.16. The van der Waals surface area contributed by atoms with Gasteiger partial charge in [0.2, 0.25) is 0 Å². The second-order valence-corrected chi connectivity index (χ2v) is 4.16. The lowest BCUT2D eigenvalue weighted by Gasteiger charge is -2.38. The molecule has 0 aromatic carbocycles. The number of nitrogens with one attached hydrogen (secondary N) is 1. The van der Waals surface area contributed by atoms with Gasteiger partial charge < -0.3 is 10.8 Å². The standard InChI is InChI=1S/C10H21N3O/c1-8(10(11)12)7-13(5-6-14)9-3-2-4-9/h8-9,14H,2-7H2,1H3,(H3,11,12). The van der Waals surface area contributed by atoms with E-state index in [0.717, 1.165) is 6.54 Å².